The van der Waals surface area contributed by atoms with Gasteiger partial charge in [0.05, 0.1) is 0 Å². The van der Waals surface area contributed by atoms with Crippen LogP contribution in [0.4, 0.5) is 0 Å². The van der Waals surface area contributed by atoms with E-state index in [1.807, 2.05) is 6.08 Å². The first-order valence-corrected chi connectivity index (χ1v) is 5.96. The fourth-order valence-electron chi connectivity index (χ4n) is 2.15. The average Bonchev–Trinajstić information content (AvgIpc) is 2.55. The number of piperidine rings is 1. The Morgan fingerprint density at radius 2 is 2.06 bits per heavy atom. The Hall–Kier alpha value is -1.38. The van der Waals surface area contributed by atoms with Crippen LogP contribution in [-0.2, 0) is 4.79 Å². The molecule has 1 saturated heterocycles. The number of Topliss-reactive ketones (excluding diaryl/α,β-unsaturated/α-hetero) is 1. The lowest BCUT2D eigenvalue weighted by atomic mass is 10.1. The predicted octanol–water partition coefficient (Wildman–Crippen LogP) is 2.30. The molecule has 2 aliphatic rings. The first kappa shape index (κ1) is 11.1. The van der Waals surface area contributed by atoms with E-state index in [4.69, 9.17) is 0 Å². The molecule has 16 heavy (non-hydrogen) atoms. The molecule has 3 heteroatoms. The Kier molecular flexibility index (Phi) is 3.54. The minimum Gasteiger partial charge on any atom is -0.360 e. The largest absolute Gasteiger partial charge is 0.360 e. The van der Waals surface area contributed by atoms with E-state index in [2.05, 4.69) is 9.89 Å². The van der Waals surface area contributed by atoms with E-state index in [0.717, 1.165) is 30.9 Å². The van der Waals surface area contributed by atoms with Gasteiger partial charge >= 0.3 is 0 Å². The SMILES string of the molecule is CC(=O)C1=CCC(N2CCCCC2)=NC=C1. The van der Waals surface area contributed by atoms with Gasteiger partial charge in [-0.3, -0.25) is 4.79 Å². The molecule has 0 unspecified atom stereocenters. The van der Waals surface area contributed by atoms with Crippen LogP contribution < -0.4 is 0 Å². The third-order valence-corrected chi connectivity index (χ3v) is 3.11. The van der Waals surface area contributed by atoms with Crippen LogP contribution in [0.25, 0.3) is 0 Å². The average molecular weight is 218 g/mol. The highest BCUT2D eigenvalue weighted by Gasteiger charge is 2.14. The molecule has 0 spiro atoms. The number of carbonyl (C=O) groups excluding carboxylic acids is 1. The normalized spacial score (nSPS) is 21.2. The zero-order valence-corrected chi connectivity index (χ0v) is 9.78. The molecule has 0 aliphatic carbocycles. The minimum atomic E-state index is 0.117. The molecule has 3 nitrogen and oxygen atoms in total. The molecule has 0 N–H and O–H groups in total. The number of aliphatic imine (C=N–C) groups is 1. The first-order chi connectivity index (χ1) is 7.77. The number of amidine groups is 1. The topological polar surface area (TPSA) is 32.7 Å². The Labute approximate surface area is 96.5 Å². The highest BCUT2D eigenvalue weighted by atomic mass is 16.1. The van der Waals surface area contributed by atoms with Gasteiger partial charge in [-0.2, -0.15) is 0 Å². The molecular weight excluding hydrogens is 200 g/mol. The number of rotatable bonds is 1. The summed E-state index contributed by atoms with van der Waals surface area (Å²) in [6.45, 7) is 3.81. The maximum atomic E-state index is 11.3. The van der Waals surface area contributed by atoms with Gasteiger partial charge in [-0.05, 0) is 32.3 Å². The van der Waals surface area contributed by atoms with Crippen LogP contribution in [0.5, 0.6) is 0 Å². The van der Waals surface area contributed by atoms with Crippen LogP contribution in [0.1, 0.15) is 32.6 Å². The molecule has 86 valence electrons. The summed E-state index contributed by atoms with van der Waals surface area (Å²) in [6.07, 6.45) is 10.2. The van der Waals surface area contributed by atoms with Crippen LogP contribution in [-0.4, -0.2) is 29.6 Å². The molecule has 0 saturated carbocycles. The molecule has 0 bridgehead atoms. The van der Waals surface area contributed by atoms with Crippen LogP contribution in [0, 0.1) is 0 Å². The number of allylic oxidation sites excluding steroid dienone is 2. The molecule has 0 aromatic heterocycles. The zero-order chi connectivity index (χ0) is 11.4. The van der Waals surface area contributed by atoms with Crippen molar-refractivity contribution in [2.45, 2.75) is 32.6 Å². The Bertz CT molecular complexity index is 360. The second-order valence-corrected chi connectivity index (χ2v) is 4.33. The van der Waals surface area contributed by atoms with Crippen molar-refractivity contribution in [3.8, 4) is 0 Å². The summed E-state index contributed by atoms with van der Waals surface area (Å²) in [5.41, 5.74) is 0.774. The van der Waals surface area contributed by atoms with Gasteiger partial charge in [0.1, 0.15) is 5.84 Å². The van der Waals surface area contributed by atoms with Crippen molar-refractivity contribution in [1.29, 1.82) is 0 Å². The molecular formula is C13H18N2O. The van der Waals surface area contributed by atoms with Gasteiger partial charge in [-0.15, -0.1) is 0 Å². The minimum absolute atomic E-state index is 0.117. The maximum Gasteiger partial charge on any atom is 0.159 e. The Balaban J connectivity index is 2.05. The third kappa shape index (κ3) is 2.60. The van der Waals surface area contributed by atoms with Gasteiger partial charge in [-0.1, -0.05) is 6.08 Å². The fraction of sp³-hybridized carbons (Fsp3) is 0.538. The quantitative estimate of drug-likeness (QED) is 0.676. The van der Waals surface area contributed by atoms with Crippen molar-refractivity contribution in [2.75, 3.05) is 13.1 Å². The third-order valence-electron chi connectivity index (χ3n) is 3.11. The lowest BCUT2D eigenvalue weighted by Gasteiger charge is -2.29. The van der Waals surface area contributed by atoms with Crippen LogP contribution in [0.3, 0.4) is 0 Å². The van der Waals surface area contributed by atoms with Crippen molar-refractivity contribution in [1.82, 2.24) is 4.90 Å². The van der Waals surface area contributed by atoms with Gasteiger partial charge in [0.25, 0.3) is 0 Å². The number of hydrogen-bond acceptors (Lipinski definition) is 3. The van der Waals surface area contributed by atoms with E-state index in [0.29, 0.717) is 0 Å². The molecule has 2 heterocycles. The number of ketones is 1. The number of likely N-dealkylation sites (tertiary alicyclic amines) is 1. The van der Waals surface area contributed by atoms with E-state index in [9.17, 15) is 4.79 Å². The van der Waals surface area contributed by atoms with Crippen molar-refractivity contribution in [3.05, 3.63) is 23.9 Å². The van der Waals surface area contributed by atoms with Crippen LogP contribution >= 0.6 is 0 Å². The van der Waals surface area contributed by atoms with Gasteiger partial charge in [0, 0.05) is 31.3 Å². The molecule has 0 aromatic rings. The summed E-state index contributed by atoms with van der Waals surface area (Å²) in [6, 6.07) is 0. The smallest absolute Gasteiger partial charge is 0.159 e. The Morgan fingerprint density at radius 3 is 2.75 bits per heavy atom. The van der Waals surface area contributed by atoms with E-state index in [1.165, 1.54) is 19.3 Å². The van der Waals surface area contributed by atoms with Crippen molar-refractivity contribution in [3.63, 3.8) is 0 Å². The molecule has 0 atom stereocenters. The summed E-state index contributed by atoms with van der Waals surface area (Å²) < 4.78 is 0. The standard InChI is InChI=1S/C13H18N2O/c1-11(16)12-5-6-13(14-8-7-12)15-9-3-2-4-10-15/h5,7-8H,2-4,6,9-10H2,1H3. The molecule has 0 amide bonds. The summed E-state index contributed by atoms with van der Waals surface area (Å²) in [7, 11) is 0. The van der Waals surface area contributed by atoms with E-state index < -0.39 is 0 Å². The fourth-order valence-corrected chi connectivity index (χ4v) is 2.15. The lowest BCUT2D eigenvalue weighted by Crippen LogP contribution is -2.35. The van der Waals surface area contributed by atoms with E-state index in [1.54, 1.807) is 19.2 Å². The highest BCUT2D eigenvalue weighted by Crippen LogP contribution is 2.14. The zero-order valence-electron chi connectivity index (χ0n) is 9.78. The van der Waals surface area contributed by atoms with Crippen molar-refractivity contribution in [2.24, 2.45) is 4.99 Å². The number of hydrogen-bond donors (Lipinski definition) is 0. The molecule has 0 aromatic carbocycles. The molecule has 0 radical (unpaired) electrons. The molecule has 2 rings (SSSR count). The van der Waals surface area contributed by atoms with Gasteiger partial charge in [0.15, 0.2) is 5.78 Å². The number of nitrogens with zero attached hydrogens (tertiary/aromatic N) is 2. The summed E-state index contributed by atoms with van der Waals surface area (Å²) >= 11 is 0. The lowest BCUT2D eigenvalue weighted by molar-refractivity contribution is -0.113. The van der Waals surface area contributed by atoms with Crippen molar-refractivity contribution < 1.29 is 4.79 Å². The molecule has 2 aliphatic heterocycles. The first-order valence-electron chi connectivity index (χ1n) is 5.96. The van der Waals surface area contributed by atoms with Gasteiger partial charge in [0.2, 0.25) is 0 Å². The summed E-state index contributed by atoms with van der Waals surface area (Å²) in [5.74, 6) is 1.22. The van der Waals surface area contributed by atoms with E-state index in [-0.39, 0.29) is 5.78 Å². The number of carbonyl (C=O) groups is 1. The highest BCUT2D eigenvalue weighted by molar-refractivity contribution is 5.97. The second-order valence-electron chi connectivity index (χ2n) is 4.33. The second kappa shape index (κ2) is 5.10. The van der Waals surface area contributed by atoms with E-state index >= 15 is 0 Å². The Morgan fingerprint density at radius 1 is 1.31 bits per heavy atom. The monoisotopic (exact) mass is 218 g/mol. The summed E-state index contributed by atoms with van der Waals surface area (Å²) in [4.78, 5) is 18.0. The van der Waals surface area contributed by atoms with Gasteiger partial charge < -0.3 is 4.90 Å². The van der Waals surface area contributed by atoms with Gasteiger partial charge in [-0.25, -0.2) is 4.99 Å². The predicted molar refractivity (Wildman–Crippen MR) is 65.4 cm³/mol. The maximum absolute atomic E-state index is 11.3. The van der Waals surface area contributed by atoms with Crippen molar-refractivity contribution >= 4 is 11.6 Å². The molecule has 1 fully saturated rings. The summed E-state index contributed by atoms with van der Waals surface area (Å²) in [5, 5.41) is 0. The van der Waals surface area contributed by atoms with Crippen LogP contribution in [0.2, 0.25) is 0 Å². The van der Waals surface area contributed by atoms with Crippen LogP contribution in [0.15, 0.2) is 28.9 Å².